The number of fused-ring (bicyclic) bond motifs is 1. The Bertz CT molecular complexity index is 591. The molecule has 0 atom stereocenters. The molecule has 1 aliphatic rings. The first-order chi connectivity index (χ1) is 8.75. The minimum atomic E-state index is 0.0625. The van der Waals surface area contributed by atoms with Gasteiger partial charge >= 0.3 is 0 Å². The van der Waals surface area contributed by atoms with Crippen LogP contribution in [0.25, 0.3) is 0 Å². The molecular formula is C14H14N2OS. The zero-order valence-corrected chi connectivity index (χ0v) is 10.8. The molecule has 0 bridgehead atoms. The van der Waals surface area contributed by atoms with Crippen molar-refractivity contribution in [2.45, 2.75) is 17.9 Å². The fraction of sp³-hybridized carbons (Fsp3) is 0.214. The summed E-state index contributed by atoms with van der Waals surface area (Å²) in [6, 6.07) is 9.49. The highest BCUT2D eigenvalue weighted by Crippen LogP contribution is 2.21. The molecule has 0 aliphatic carbocycles. The minimum Gasteiger partial charge on any atom is -0.365 e. The van der Waals surface area contributed by atoms with Gasteiger partial charge in [0.1, 0.15) is 0 Å². The van der Waals surface area contributed by atoms with Crippen LogP contribution in [0.1, 0.15) is 21.6 Å². The summed E-state index contributed by atoms with van der Waals surface area (Å²) in [5.41, 5.74) is 3.14. The number of hydrogen-bond acceptors (Lipinski definition) is 2. The van der Waals surface area contributed by atoms with Crippen LogP contribution < -0.4 is 0 Å². The van der Waals surface area contributed by atoms with Crippen molar-refractivity contribution in [1.29, 1.82) is 0 Å². The normalized spacial score (nSPS) is 14.4. The van der Waals surface area contributed by atoms with Gasteiger partial charge in [0.25, 0.3) is 5.91 Å². The Labute approximate surface area is 111 Å². The SMILES string of the molecule is O=C(c1ccccc1S)N1CCc2[nH]ccc2C1. The molecule has 1 aliphatic heterocycles. The van der Waals surface area contributed by atoms with Crippen LogP contribution in [-0.4, -0.2) is 22.3 Å². The molecule has 2 heterocycles. The zero-order chi connectivity index (χ0) is 12.5. The number of benzene rings is 1. The highest BCUT2D eigenvalue weighted by molar-refractivity contribution is 7.80. The van der Waals surface area contributed by atoms with Crippen molar-refractivity contribution in [3.05, 3.63) is 53.3 Å². The molecule has 1 aromatic heterocycles. The number of rotatable bonds is 1. The van der Waals surface area contributed by atoms with Gasteiger partial charge in [-0.1, -0.05) is 12.1 Å². The molecule has 0 unspecified atom stereocenters. The third-order valence-corrected chi connectivity index (χ3v) is 3.73. The number of carbonyl (C=O) groups is 1. The number of hydrogen-bond donors (Lipinski definition) is 2. The van der Waals surface area contributed by atoms with Crippen molar-refractivity contribution in [1.82, 2.24) is 9.88 Å². The lowest BCUT2D eigenvalue weighted by Crippen LogP contribution is -2.35. The van der Waals surface area contributed by atoms with E-state index in [0.717, 1.165) is 17.9 Å². The van der Waals surface area contributed by atoms with E-state index < -0.39 is 0 Å². The average Bonchev–Trinajstić information content (AvgIpc) is 2.85. The Morgan fingerprint density at radius 3 is 2.94 bits per heavy atom. The predicted octanol–water partition coefficient (Wildman–Crippen LogP) is 2.50. The molecule has 2 aromatic rings. The van der Waals surface area contributed by atoms with E-state index in [1.54, 1.807) is 0 Å². The van der Waals surface area contributed by atoms with Gasteiger partial charge in [0.05, 0.1) is 5.56 Å². The van der Waals surface area contributed by atoms with Crippen molar-refractivity contribution in [2.75, 3.05) is 6.54 Å². The Hall–Kier alpha value is -1.68. The smallest absolute Gasteiger partial charge is 0.255 e. The van der Waals surface area contributed by atoms with Gasteiger partial charge in [-0.15, -0.1) is 12.6 Å². The minimum absolute atomic E-state index is 0.0625. The molecule has 4 heteroatoms. The van der Waals surface area contributed by atoms with Gasteiger partial charge in [-0.2, -0.15) is 0 Å². The van der Waals surface area contributed by atoms with Crippen LogP contribution in [0.15, 0.2) is 41.4 Å². The van der Waals surface area contributed by atoms with E-state index in [1.807, 2.05) is 41.4 Å². The maximum atomic E-state index is 12.4. The summed E-state index contributed by atoms with van der Waals surface area (Å²) in [4.78, 5) is 18.3. The molecule has 18 heavy (non-hydrogen) atoms. The second kappa shape index (κ2) is 4.53. The van der Waals surface area contributed by atoms with Crippen molar-refractivity contribution < 1.29 is 4.79 Å². The van der Waals surface area contributed by atoms with Crippen molar-refractivity contribution in [3.8, 4) is 0 Å². The summed E-state index contributed by atoms with van der Waals surface area (Å²) in [5, 5.41) is 0. The molecule has 0 fully saturated rings. The van der Waals surface area contributed by atoms with E-state index in [2.05, 4.69) is 17.6 Å². The van der Waals surface area contributed by atoms with Crippen LogP contribution >= 0.6 is 12.6 Å². The summed E-state index contributed by atoms with van der Waals surface area (Å²) >= 11 is 4.35. The molecule has 1 amide bonds. The number of aromatic nitrogens is 1. The van der Waals surface area contributed by atoms with Crippen LogP contribution in [0.5, 0.6) is 0 Å². The maximum Gasteiger partial charge on any atom is 0.255 e. The first-order valence-electron chi connectivity index (χ1n) is 5.98. The second-order valence-electron chi connectivity index (χ2n) is 4.48. The van der Waals surface area contributed by atoms with Crippen LogP contribution in [0.4, 0.5) is 0 Å². The number of nitrogens with one attached hydrogen (secondary N) is 1. The molecule has 0 spiro atoms. The number of carbonyl (C=O) groups excluding carboxylic acids is 1. The lowest BCUT2D eigenvalue weighted by molar-refractivity contribution is 0.0731. The molecule has 3 rings (SSSR count). The van der Waals surface area contributed by atoms with E-state index in [1.165, 1.54) is 11.3 Å². The molecule has 1 aromatic carbocycles. The van der Waals surface area contributed by atoms with Crippen LogP contribution in [-0.2, 0) is 13.0 Å². The number of nitrogens with zero attached hydrogens (tertiary/aromatic N) is 1. The summed E-state index contributed by atoms with van der Waals surface area (Å²) in [7, 11) is 0. The Morgan fingerprint density at radius 2 is 2.11 bits per heavy atom. The van der Waals surface area contributed by atoms with Gasteiger partial charge in [-0.3, -0.25) is 4.79 Å². The first kappa shape index (κ1) is 11.4. The zero-order valence-electron chi connectivity index (χ0n) is 9.89. The van der Waals surface area contributed by atoms with Crippen LogP contribution in [0.3, 0.4) is 0 Å². The van der Waals surface area contributed by atoms with E-state index in [9.17, 15) is 4.79 Å². The van der Waals surface area contributed by atoms with Gasteiger partial charge in [0.2, 0.25) is 0 Å². The summed E-state index contributed by atoms with van der Waals surface area (Å²) < 4.78 is 0. The van der Waals surface area contributed by atoms with Gasteiger partial charge in [0, 0.05) is 36.3 Å². The summed E-state index contributed by atoms with van der Waals surface area (Å²) in [5.74, 6) is 0.0625. The molecule has 0 saturated carbocycles. The van der Waals surface area contributed by atoms with E-state index in [4.69, 9.17) is 0 Å². The topological polar surface area (TPSA) is 36.1 Å². The third kappa shape index (κ3) is 1.93. The standard InChI is InChI=1S/C14H14N2OS/c17-14(11-3-1-2-4-13(11)18)16-8-6-12-10(9-16)5-7-15-12/h1-5,7,15,18H,6,8-9H2. The predicted molar refractivity (Wildman–Crippen MR) is 72.9 cm³/mol. The van der Waals surface area contributed by atoms with Gasteiger partial charge in [-0.05, 0) is 23.8 Å². The molecule has 3 nitrogen and oxygen atoms in total. The van der Waals surface area contributed by atoms with Gasteiger partial charge < -0.3 is 9.88 Å². The lowest BCUT2D eigenvalue weighted by atomic mass is 10.1. The molecule has 0 saturated heterocycles. The number of amides is 1. The fourth-order valence-electron chi connectivity index (χ4n) is 2.35. The van der Waals surface area contributed by atoms with Crippen molar-refractivity contribution in [2.24, 2.45) is 0 Å². The van der Waals surface area contributed by atoms with Crippen LogP contribution in [0.2, 0.25) is 0 Å². The maximum absolute atomic E-state index is 12.4. The van der Waals surface area contributed by atoms with Crippen molar-refractivity contribution in [3.63, 3.8) is 0 Å². The molecular weight excluding hydrogens is 244 g/mol. The third-order valence-electron chi connectivity index (χ3n) is 3.34. The molecule has 1 N–H and O–H groups in total. The quantitative estimate of drug-likeness (QED) is 0.758. The number of thiol groups is 1. The molecule has 92 valence electrons. The number of H-pyrrole nitrogens is 1. The number of aromatic amines is 1. The Balaban J connectivity index is 1.85. The Kier molecular flexibility index (Phi) is 2.88. The molecule has 0 radical (unpaired) electrons. The fourth-order valence-corrected chi connectivity index (χ4v) is 2.60. The Morgan fingerprint density at radius 1 is 1.28 bits per heavy atom. The monoisotopic (exact) mass is 258 g/mol. The summed E-state index contributed by atoms with van der Waals surface area (Å²) in [6.45, 7) is 1.44. The van der Waals surface area contributed by atoms with Crippen molar-refractivity contribution >= 4 is 18.5 Å². The van der Waals surface area contributed by atoms with E-state index >= 15 is 0 Å². The van der Waals surface area contributed by atoms with E-state index in [0.29, 0.717) is 12.1 Å². The summed E-state index contributed by atoms with van der Waals surface area (Å²) in [6.07, 6.45) is 2.83. The van der Waals surface area contributed by atoms with Gasteiger partial charge in [0.15, 0.2) is 0 Å². The highest BCUT2D eigenvalue weighted by atomic mass is 32.1. The largest absolute Gasteiger partial charge is 0.365 e. The van der Waals surface area contributed by atoms with E-state index in [-0.39, 0.29) is 5.91 Å². The van der Waals surface area contributed by atoms with Crippen LogP contribution in [0, 0.1) is 0 Å². The van der Waals surface area contributed by atoms with Gasteiger partial charge in [-0.25, -0.2) is 0 Å². The first-order valence-corrected chi connectivity index (χ1v) is 6.43. The second-order valence-corrected chi connectivity index (χ2v) is 4.96. The highest BCUT2D eigenvalue weighted by Gasteiger charge is 2.23. The lowest BCUT2D eigenvalue weighted by Gasteiger charge is -2.27. The average molecular weight is 258 g/mol.